The first-order valence-electron chi connectivity index (χ1n) is 6.85. The van der Waals surface area contributed by atoms with Gasteiger partial charge in [-0.2, -0.15) is 0 Å². The standard InChI is InChI=1S/C15H21NO4/c1-10(8-16-15(17)18)12-5-6-13(19-2)14(7-12)20-9-11-3-4-11/h5-7,10-11,16H,3-4,8-9H2,1-2H3,(H,17,18)/p-1. The molecule has 1 fully saturated rings. The molecule has 0 saturated heterocycles. The summed E-state index contributed by atoms with van der Waals surface area (Å²) < 4.78 is 11.1. The summed E-state index contributed by atoms with van der Waals surface area (Å²) in [6, 6.07) is 5.69. The Morgan fingerprint density at radius 1 is 1.45 bits per heavy atom. The Bertz CT molecular complexity index is 471. The fourth-order valence-electron chi connectivity index (χ4n) is 1.96. The van der Waals surface area contributed by atoms with Gasteiger partial charge >= 0.3 is 0 Å². The van der Waals surface area contributed by atoms with Gasteiger partial charge in [0.15, 0.2) is 11.5 Å². The Balaban J connectivity index is 2.04. The zero-order chi connectivity index (χ0) is 14.5. The zero-order valence-corrected chi connectivity index (χ0v) is 11.8. The quantitative estimate of drug-likeness (QED) is 0.821. The number of carboxylic acid groups (broad SMARTS) is 1. The van der Waals surface area contributed by atoms with Crippen LogP contribution in [0.2, 0.25) is 0 Å². The van der Waals surface area contributed by atoms with Crippen LogP contribution in [0.3, 0.4) is 0 Å². The summed E-state index contributed by atoms with van der Waals surface area (Å²) in [5, 5.41) is 12.7. The van der Waals surface area contributed by atoms with Gasteiger partial charge in [-0.3, -0.25) is 0 Å². The van der Waals surface area contributed by atoms with Crippen LogP contribution in [0.5, 0.6) is 11.5 Å². The van der Waals surface area contributed by atoms with E-state index in [1.54, 1.807) is 7.11 Å². The van der Waals surface area contributed by atoms with Gasteiger partial charge in [-0.15, -0.1) is 0 Å². The van der Waals surface area contributed by atoms with Crippen molar-refractivity contribution in [3.63, 3.8) is 0 Å². The van der Waals surface area contributed by atoms with E-state index in [-0.39, 0.29) is 5.92 Å². The van der Waals surface area contributed by atoms with Gasteiger partial charge in [0, 0.05) is 6.54 Å². The summed E-state index contributed by atoms with van der Waals surface area (Å²) in [6.07, 6.45) is 1.21. The van der Waals surface area contributed by atoms with Gasteiger partial charge in [-0.05, 0) is 42.4 Å². The smallest absolute Gasteiger partial charge is 0.161 e. The Hall–Kier alpha value is -1.91. The molecule has 1 amide bonds. The molecule has 20 heavy (non-hydrogen) atoms. The molecule has 0 bridgehead atoms. The number of ether oxygens (including phenoxy) is 2. The summed E-state index contributed by atoms with van der Waals surface area (Å²) >= 11 is 0. The Morgan fingerprint density at radius 2 is 2.20 bits per heavy atom. The number of amides is 1. The average Bonchev–Trinajstić information content (AvgIpc) is 3.26. The highest BCUT2D eigenvalue weighted by Gasteiger charge is 2.22. The Kier molecular flexibility index (Phi) is 4.71. The molecule has 110 valence electrons. The SMILES string of the molecule is COc1ccc(C(C)CNC(=O)[O-])cc1OCC1CC1. The summed E-state index contributed by atoms with van der Waals surface area (Å²) in [6.45, 7) is 2.98. The van der Waals surface area contributed by atoms with E-state index < -0.39 is 6.09 Å². The van der Waals surface area contributed by atoms with Crippen molar-refractivity contribution in [2.75, 3.05) is 20.3 Å². The number of benzene rings is 1. The van der Waals surface area contributed by atoms with E-state index in [0.717, 1.165) is 11.3 Å². The van der Waals surface area contributed by atoms with Crippen molar-refractivity contribution in [2.45, 2.75) is 25.7 Å². The lowest BCUT2D eigenvalue weighted by Crippen LogP contribution is -2.38. The molecule has 0 aromatic heterocycles. The highest BCUT2D eigenvalue weighted by atomic mass is 16.5. The molecule has 1 N–H and O–H groups in total. The van der Waals surface area contributed by atoms with Crippen LogP contribution in [-0.4, -0.2) is 26.4 Å². The van der Waals surface area contributed by atoms with Gasteiger partial charge in [0.05, 0.1) is 13.7 Å². The summed E-state index contributed by atoms with van der Waals surface area (Å²) in [7, 11) is 1.61. The van der Waals surface area contributed by atoms with Gasteiger partial charge in [0.1, 0.15) is 6.09 Å². The van der Waals surface area contributed by atoms with E-state index in [4.69, 9.17) is 9.47 Å². The lowest BCUT2D eigenvalue weighted by Gasteiger charge is -2.17. The second kappa shape index (κ2) is 6.50. The van der Waals surface area contributed by atoms with Crippen molar-refractivity contribution < 1.29 is 19.4 Å². The molecule has 0 heterocycles. The molecule has 0 radical (unpaired) electrons. The Labute approximate surface area is 118 Å². The van der Waals surface area contributed by atoms with E-state index in [1.165, 1.54) is 12.8 Å². The molecule has 1 aromatic rings. The maximum absolute atomic E-state index is 10.4. The number of hydrogen-bond acceptors (Lipinski definition) is 4. The zero-order valence-electron chi connectivity index (χ0n) is 11.8. The van der Waals surface area contributed by atoms with Crippen LogP contribution in [0.1, 0.15) is 31.2 Å². The van der Waals surface area contributed by atoms with Gasteiger partial charge in [-0.25, -0.2) is 0 Å². The molecule has 2 rings (SSSR count). The number of methoxy groups -OCH3 is 1. The van der Waals surface area contributed by atoms with Crippen LogP contribution in [0.15, 0.2) is 18.2 Å². The van der Waals surface area contributed by atoms with Gasteiger partial charge < -0.3 is 24.7 Å². The maximum atomic E-state index is 10.4. The summed E-state index contributed by atoms with van der Waals surface area (Å²) in [5.74, 6) is 2.13. The first kappa shape index (κ1) is 14.5. The molecule has 1 aromatic carbocycles. The number of nitrogens with one attached hydrogen (secondary N) is 1. The minimum absolute atomic E-state index is 0.0436. The predicted molar refractivity (Wildman–Crippen MR) is 73.0 cm³/mol. The largest absolute Gasteiger partial charge is 0.530 e. The monoisotopic (exact) mass is 278 g/mol. The average molecular weight is 278 g/mol. The molecule has 1 aliphatic carbocycles. The van der Waals surface area contributed by atoms with Crippen LogP contribution in [-0.2, 0) is 0 Å². The van der Waals surface area contributed by atoms with Gasteiger partial charge in [0.2, 0.25) is 0 Å². The first-order valence-corrected chi connectivity index (χ1v) is 6.85. The van der Waals surface area contributed by atoms with Crippen molar-refractivity contribution in [1.82, 2.24) is 5.32 Å². The van der Waals surface area contributed by atoms with E-state index >= 15 is 0 Å². The van der Waals surface area contributed by atoms with E-state index in [1.807, 2.05) is 25.1 Å². The minimum Gasteiger partial charge on any atom is -0.530 e. The van der Waals surface area contributed by atoms with Crippen LogP contribution in [0, 0.1) is 5.92 Å². The van der Waals surface area contributed by atoms with Crippen LogP contribution >= 0.6 is 0 Å². The highest BCUT2D eigenvalue weighted by molar-refractivity contribution is 5.61. The topological polar surface area (TPSA) is 70.6 Å². The molecule has 0 spiro atoms. The van der Waals surface area contributed by atoms with Gasteiger partial charge in [-0.1, -0.05) is 13.0 Å². The second-order valence-corrected chi connectivity index (χ2v) is 5.23. The Morgan fingerprint density at radius 3 is 2.80 bits per heavy atom. The lowest BCUT2D eigenvalue weighted by atomic mass is 10.0. The molecular weight excluding hydrogens is 258 g/mol. The molecule has 1 aliphatic rings. The second-order valence-electron chi connectivity index (χ2n) is 5.23. The fraction of sp³-hybridized carbons (Fsp3) is 0.533. The van der Waals surface area contributed by atoms with Crippen molar-refractivity contribution >= 4 is 6.09 Å². The number of carbonyl (C=O) groups excluding carboxylic acids is 1. The third-order valence-electron chi connectivity index (χ3n) is 3.48. The molecule has 0 aliphatic heterocycles. The molecular formula is C15H20NO4-. The van der Waals surface area contributed by atoms with E-state index in [9.17, 15) is 9.90 Å². The molecule has 5 heteroatoms. The number of hydrogen-bond donors (Lipinski definition) is 1. The maximum Gasteiger partial charge on any atom is 0.161 e. The van der Waals surface area contributed by atoms with E-state index in [0.29, 0.717) is 24.8 Å². The molecule has 1 saturated carbocycles. The third kappa shape index (κ3) is 4.05. The molecule has 1 unspecified atom stereocenters. The third-order valence-corrected chi connectivity index (χ3v) is 3.48. The van der Waals surface area contributed by atoms with Crippen molar-refractivity contribution in [3.05, 3.63) is 23.8 Å². The van der Waals surface area contributed by atoms with Crippen molar-refractivity contribution in [3.8, 4) is 11.5 Å². The molecule has 1 atom stereocenters. The normalized spacial score (nSPS) is 15.5. The lowest BCUT2D eigenvalue weighted by molar-refractivity contribution is -0.250. The van der Waals surface area contributed by atoms with Crippen LogP contribution in [0.4, 0.5) is 4.79 Å². The van der Waals surface area contributed by atoms with E-state index in [2.05, 4.69) is 5.32 Å². The highest BCUT2D eigenvalue weighted by Crippen LogP contribution is 2.34. The van der Waals surface area contributed by atoms with Crippen molar-refractivity contribution in [1.29, 1.82) is 0 Å². The predicted octanol–water partition coefficient (Wildman–Crippen LogP) is 1.52. The van der Waals surface area contributed by atoms with Crippen LogP contribution < -0.4 is 19.9 Å². The summed E-state index contributed by atoms with van der Waals surface area (Å²) in [5.41, 5.74) is 1.00. The molecule has 5 nitrogen and oxygen atoms in total. The fourth-order valence-corrected chi connectivity index (χ4v) is 1.96. The first-order chi connectivity index (χ1) is 9.60. The van der Waals surface area contributed by atoms with Crippen LogP contribution in [0.25, 0.3) is 0 Å². The van der Waals surface area contributed by atoms with Gasteiger partial charge in [0.25, 0.3) is 0 Å². The minimum atomic E-state index is -1.25. The number of rotatable bonds is 7. The van der Waals surface area contributed by atoms with Crippen molar-refractivity contribution in [2.24, 2.45) is 5.92 Å². The number of carbonyl (C=O) groups is 1. The summed E-state index contributed by atoms with van der Waals surface area (Å²) in [4.78, 5) is 10.4.